The van der Waals surface area contributed by atoms with Gasteiger partial charge in [-0.15, -0.1) is 0 Å². The average Bonchev–Trinajstić information content (AvgIpc) is 2.83. The van der Waals surface area contributed by atoms with Gasteiger partial charge in [0.05, 0.1) is 4.90 Å². The molecule has 0 spiro atoms. The number of sulfonamides is 1. The molecule has 1 heterocycles. The molecule has 0 bridgehead atoms. The van der Waals surface area contributed by atoms with Crippen molar-refractivity contribution in [3.63, 3.8) is 0 Å². The van der Waals surface area contributed by atoms with Crippen molar-refractivity contribution in [2.75, 3.05) is 13.1 Å². The molecule has 2 aromatic carbocycles. The fraction of sp³-hybridized carbons (Fsp3) is 0.462. The number of amides is 2. The highest BCUT2D eigenvalue weighted by Crippen LogP contribution is 2.21. The van der Waals surface area contributed by atoms with E-state index in [4.69, 9.17) is 0 Å². The molecular weight excluding hydrogens is 450 g/mol. The number of carbonyl (C=O) groups excluding carboxylic acids is 2. The van der Waals surface area contributed by atoms with Gasteiger partial charge in [0, 0.05) is 25.2 Å². The Hall–Kier alpha value is -2.71. The fourth-order valence-electron chi connectivity index (χ4n) is 4.11. The lowest BCUT2D eigenvalue weighted by Crippen LogP contribution is -2.47. The molecule has 184 valence electrons. The molecule has 1 atom stereocenters. The molecule has 0 radical (unpaired) electrons. The summed E-state index contributed by atoms with van der Waals surface area (Å²) in [6, 6.07) is 13.2. The molecular formula is C26H35N3O4S. The van der Waals surface area contributed by atoms with Gasteiger partial charge in [0.1, 0.15) is 6.04 Å². The Morgan fingerprint density at radius 3 is 2.24 bits per heavy atom. The van der Waals surface area contributed by atoms with Crippen molar-refractivity contribution in [2.45, 2.75) is 63.9 Å². The van der Waals surface area contributed by atoms with Crippen LogP contribution in [0.5, 0.6) is 0 Å². The minimum absolute atomic E-state index is 0.215. The van der Waals surface area contributed by atoms with Gasteiger partial charge in [-0.05, 0) is 61.4 Å². The Balaban J connectivity index is 1.62. The van der Waals surface area contributed by atoms with Crippen LogP contribution in [0.25, 0.3) is 0 Å². The zero-order valence-electron chi connectivity index (χ0n) is 20.2. The number of hydrogen-bond donors (Lipinski definition) is 2. The highest BCUT2D eigenvalue weighted by Gasteiger charge is 2.26. The second kappa shape index (κ2) is 11.6. The first kappa shape index (κ1) is 25.9. The van der Waals surface area contributed by atoms with E-state index < -0.39 is 16.1 Å². The first-order valence-corrected chi connectivity index (χ1v) is 13.4. The Bertz CT molecular complexity index is 1090. The highest BCUT2D eigenvalue weighted by atomic mass is 32.2. The molecule has 0 aliphatic carbocycles. The van der Waals surface area contributed by atoms with Crippen LogP contribution >= 0.6 is 0 Å². The lowest BCUT2D eigenvalue weighted by molar-refractivity contribution is -0.123. The summed E-state index contributed by atoms with van der Waals surface area (Å²) in [6.45, 7) is 7.24. The number of rotatable bonds is 9. The van der Waals surface area contributed by atoms with E-state index in [1.807, 2.05) is 32.9 Å². The van der Waals surface area contributed by atoms with Gasteiger partial charge < -0.3 is 10.6 Å². The third-order valence-corrected chi connectivity index (χ3v) is 7.97. The Kier molecular flexibility index (Phi) is 8.85. The maximum Gasteiger partial charge on any atom is 0.252 e. The average molecular weight is 486 g/mol. The number of piperidine rings is 1. The lowest BCUT2D eigenvalue weighted by atomic mass is 10.0. The Morgan fingerprint density at radius 2 is 1.62 bits per heavy atom. The highest BCUT2D eigenvalue weighted by molar-refractivity contribution is 7.89. The number of carbonyl (C=O) groups is 2. The summed E-state index contributed by atoms with van der Waals surface area (Å²) >= 11 is 0. The van der Waals surface area contributed by atoms with Crippen molar-refractivity contribution in [3.05, 3.63) is 65.2 Å². The smallest absolute Gasteiger partial charge is 0.252 e. The molecule has 8 heteroatoms. The zero-order chi connectivity index (χ0) is 24.7. The molecule has 2 amide bonds. The maximum absolute atomic E-state index is 12.9. The minimum Gasteiger partial charge on any atom is -0.350 e. The topological polar surface area (TPSA) is 95.6 Å². The molecule has 0 saturated carbocycles. The molecule has 1 unspecified atom stereocenters. The summed E-state index contributed by atoms with van der Waals surface area (Å²) in [7, 11) is -3.48. The summed E-state index contributed by atoms with van der Waals surface area (Å²) in [5.41, 5.74) is 2.19. The summed E-state index contributed by atoms with van der Waals surface area (Å²) in [4.78, 5) is 25.9. The summed E-state index contributed by atoms with van der Waals surface area (Å²) in [5.74, 6) is -0.320. The van der Waals surface area contributed by atoms with Gasteiger partial charge in [-0.25, -0.2) is 8.42 Å². The van der Waals surface area contributed by atoms with Crippen LogP contribution in [0.2, 0.25) is 0 Å². The molecule has 3 rings (SSSR count). The van der Waals surface area contributed by atoms with Crippen molar-refractivity contribution >= 4 is 21.8 Å². The number of nitrogens with one attached hydrogen (secondary N) is 2. The van der Waals surface area contributed by atoms with Crippen molar-refractivity contribution in [2.24, 2.45) is 5.92 Å². The number of benzene rings is 2. The van der Waals surface area contributed by atoms with Crippen molar-refractivity contribution < 1.29 is 18.0 Å². The van der Waals surface area contributed by atoms with Gasteiger partial charge >= 0.3 is 0 Å². The van der Waals surface area contributed by atoms with E-state index in [1.165, 1.54) is 0 Å². The third kappa shape index (κ3) is 6.67. The van der Waals surface area contributed by atoms with Gasteiger partial charge in [-0.3, -0.25) is 9.59 Å². The molecule has 7 nitrogen and oxygen atoms in total. The predicted octanol–water partition coefficient (Wildman–Crippen LogP) is 3.63. The molecule has 1 saturated heterocycles. The first-order chi connectivity index (χ1) is 16.2. The summed E-state index contributed by atoms with van der Waals surface area (Å²) in [5, 5.41) is 5.75. The van der Waals surface area contributed by atoms with Crippen LogP contribution in [-0.2, 0) is 21.4 Å². The van der Waals surface area contributed by atoms with Crippen LogP contribution in [0.4, 0.5) is 0 Å². The van der Waals surface area contributed by atoms with E-state index in [9.17, 15) is 18.0 Å². The van der Waals surface area contributed by atoms with Gasteiger partial charge in [0.15, 0.2) is 0 Å². The minimum atomic E-state index is -3.48. The quantitative estimate of drug-likeness (QED) is 0.567. The van der Waals surface area contributed by atoms with Crippen LogP contribution in [0, 0.1) is 12.8 Å². The van der Waals surface area contributed by atoms with Gasteiger partial charge in [0.2, 0.25) is 15.9 Å². The molecule has 34 heavy (non-hydrogen) atoms. The van der Waals surface area contributed by atoms with E-state index in [0.29, 0.717) is 25.1 Å². The monoisotopic (exact) mass is 485 g/mol. The summed E-state index contributed by atoms with van der Waals surface area (Å²) < 4.78 is 27.2. The lowest BCUT2D eigenvalue weighted by Gasteiger charge is -2.26. The van der Waals surface area contributed by atoms with Gasteiger partial charge in [0.25, 0.3) is 5.91 Å². The van der Waals surface area contributed by atoms with Crippen LogP contribution in [0.3, 0.4) is 0 Å². The molecule has 2 aromatic rings. The van der Waals surface area contributed by atoms with Crippen molar-refractivity contribution in [1.29, 1.82) is 0 Å². The van der Waals surface area contributed by atoms with Crippen LogP contribution in [0.15, 0.2) is 53.4 Å². The fourth-order valence-corrected chi connectivity index (χ4v) is 5.63. The standard InChI is InChI=1S/C26H35N3O4S/c1-19(2)17-24(28-25(30)23-10-6-5-9-20(23)3)26(31)27-18-21-11-13-22(14-12-21)34(32,33)29-15-7-4-8-16-29/h5-6,9-14,19,24H,4,7-8,15-18H2,1-3H3,(H,27,31)(H,28,30). The largest absolute Gasteiger partial charge is 0.350 e. The maximum atomic E-state index is 12.9. The summed E-state index contributed by atoms with van der Waals surface area (Å²) in [6.07, 6.45) is 3.35. The van der Waals surface area contributed by atoms with E-state index in [-0.39, 0.29) is 29.2 Å². The molecule has 1 aliphatic heterocycles. The normalized spacial score (nSPS) is 15.6. The van der Waals surface area contributed by atoms with E-state index in [0.717, 1.165) is 30.4 Å². The van der Waals surface area contributed by atoms with Crippen molar-refractivity contribution in [1.82, 2.24) is 14.9 Å². The molecule has 1 aliphatic rings. The zero-order valence-corrected chi connectivity index (χ0v) is 21.0. The molecule has 0 aromatic heterocycles. The van der Waals surface area contributed by atoms with E-state index >= 15 is 0 Å². The van der Waals surface area contributed by atoms with Gasteiger partial charge in [-0.1, -0.05) is 50.6 Å². The molecule has 2 N–H and O–H groups in total. The number of nitrogens with zero attached hydrogens (tertiary/aromatic N) is 1. The second-order valence-electron chi connectivity index (χ2n) is 9.30. The SMILES string of the molecule is Cc1ccccc1C(=O)NC(CC(C)C)C(=O)NCc1ccc(S(=O)(=O)N2CCCCC2)cc1. The van der Waals surface area contributed by atoms with Crippen LogP contribution in [0.1, 0.15) is 61.0 Å². The van der Waals surface area contributed by atoms with E-state index in [2.05, 4.69) is 10.6 Å². The van der Waals surface area contributed by atoms with Crippen LogP contribution in [-0.4, -0.2) is 43.7 Å². The van der Waals surface area contributed by atoms with Crippen molar-refractivity contribution in [3.8, 4) is 0 Å². The predicted molar refractivity (Wildman–Crippen MR) is 133 cm³/mol. The van der Waals surface area contributed by atoms with E-state index in [1.54, 1.807) is 40.7 Å². The third-order valence-electron chi connectivity index (χ3n) is 6.06. The van der Waals surface area contributed by atoms with Crippen LogP contribution < -0.4 is 10.6 Å². The van der Waals surface area contributed by atoms with Gasteiger partial charge in [-0.2, -0.15) is 4.31 Å². The first-order valence-electron chi connectivity index (χ1n) is 11.9. The number of aryl methyl sites for hydroxylation is 1. The molecule has 1 fully saturated rings. The number of hydrogen-bond acceptors (Lipinski definition) is 4. The Labute approximate surface area is 203 Å². The second-order valence-corrected chi connectivity index (χ2v) is 11.2. The Morgan fingerprint density at radius 1 is 0.971 bits per heavy atom.